The molecule has 164 valence electrons. The van der Waals surface area contributed by atoms with Crippen LogP contribution in [-0.4, -0.2) is 43.0 Å². The van der Waals surface area contributed by atoms with Crippen LogP contribution in [0.3, 0.4) is 0 Å². The summed E-state index contributed by atoms with van der Waals surface area (Å²) < 4.78 is 30.0. The second-order valence-electron chi connectivity index (χ2n) is 9.06. The molecule has 2 heterocycles. The van der Waals surface area contributed by atoms with E-state index in [9.17, 15) is 4.79 Å². The number of ether oxygens (including phenoxy) is 5. The van der Waals surface area contributed by atoms with Crippen LogP contribution < -0.4 is 0 Å². The number of carbonyl (C=O) groups is 1. The Morgan fingerprint density at radius 3 is 2.63 bits per heavy atom. The highest BCUT2D eigenvalue weighted by atomic mass is 16.8. The van der Waals surface area contributed by atoms with Crippen LogP contribution in [0.25, 0.3) is 0 Å². The number of carbonyl (C=O) groups excluding carboxylic acids is 1. The first-order valence-electron chi connectivity index (χ1n) is 10.8. The van der Waals surface area contributed by atoms with Crippen LogP contribution in [0.2, 0.25) is 0 Å². The maximum absolute atomic E-state index is 12.9. The zero-order valence-corrected chi connectivity index (χ0v) is 18.3. The molecule has 0 saturated carbocycles. The number of fused-ring (bicyclic) bond motifs is 1. The first-order chi connectivity index (χ1) is 14.3. The Hall–Kier alpha value is -1.73. The van der Waals surface area contributed by atoms with Gasteiger partial charge in [0.05, 0.1) is 19.1 Å². The van der Waals surface area contributed by atoms with Crippen molar-refractivity contribution in [1.29, 1.82) is 0 Å². The third kappa shape index (κ3) is 4.94. The highest BCUT2D eigenvalue weighted by Gasteiger charge is 2.53. The van der Waals surface area contributed by atoms with Crippen molar-refractivity contribution in [1.82, 2.24) is 0 Å². The smallest absolute Gasteiger partial charge is 0.309 e. The van der Waals surface area contributed by atoms with E-state index in [1.165, 1.54) is 11.1 Å². The molecule has 2 saturated heterocycles. The number of allylic oxidation sites excluding steroid dienone is 2. The summed E-state index contributed by atoms with van der Waals surface area (Å²) in [6.45, 7) is 8.58. The lowest BCUT2D eigenvalue weighted by Gasteiger charge is -2.37. The van der Waals surface area contributed by atoms with Crippen LogP contribution >= 0.6 is 0 Å². The van der Waals surface area contributed by atoms with Gasteiger partial charge in [0.2, 0.25) is 0 Å². The second-order valence-corrected chi connectivity index (χ2v) is 9.06. The van der Waals surface area contributed by atoms with Crippen molar-refractivity contribution in [2.75, 3.05) is 6.61 Å². The van der Waals surface area contributed by atoms with Gasteiger partial charge in [-0.1, -0.05) is 41.5 Å². The molecule has 0 bridgehead atoms. The summed E-state index contributed by atoms with van der Waals surface area (Å²) in [7, 11) is 0. The zero-order chi connectivity index (χ0) is 21.3. The lowest BCUT2D eigenvalue weighted by Crippen LogP contribution is -2.54. The van der Waals surface area contributed by atoms with E-state index in [1.54, 1.807) is 0 Å². The van der Waals surface area contributed by atoms with Crippen LogP contribution in [-0.2, 0) is 35.1 Å². The lowest BCUT2D eigenvalue weighted by molar-refractivity contribution is -0.264. The van der Waals surface area contributed by atoms with Gasteiger partial charge in [-0.2, -0.15) is 0 Å². The van der Waals surface area contributed by atoms with E-state index < -0.39 is 24.3 Å². The molecular formula is C24H32O6. The van der Waals surface area contributed by atoms with Crippen LogP contribution in [0, 0.1) is 12.8 Å². The van der Waals surface area contributed by atoms with Gasteiger partial charge >= 0.3 is 5.97 Å². The van der Waals surface area contributed by atoms with Crippen molar-refractivity contribution in [3.8, 4) is 0 Å². The molecule has 0 radical (unpaired) electrons. The van der Waals surface area contributed by atoms with E-state index in [0.717, 1.165) is 18.4 Å². The molecule has 6 nitrogen and oxygen atoms in total. The number of esters is 1. The molecule has 0 amide bonds. The van der Waals surface area contributed by atoms with E-state index in [1.807, 2.05) is 45.0 Å². The van der Waals surface area contributed by atoms with Crippen molar-refractivity contribution in [2.24, 2.45) is 5.92 Å². The van der Waals surface area contributed by atoms with E-state index in [4.69, 9.17) is 23.7 Å². The summed E-state index contributed by atoms with van der Waals surface area (Å²) in [5.41, 5.74) is 3.56. The van der Waals surface area contributed by atoms with Gasteiger partial charge in [0.25, 0.3) is 0 Å². The maximum atomic E-state index is 12.9. The molecule has 3 aliphatic rings. The predicted octanol–water partition coefficient (Wildman–Crippen LogP) is 4.05. The number of aryl methyl sites for hydroxylation is 1. The largest absolute Gasteiger partial charge is 0.454 e. The normalized spacial score (nSPS) is 32.9. The van der Waals surface area contributed by atoms with Gasteiger partial charge in [0.1, 0.15) is 12.2 Å². The summed E-state index contributed by atoms with van der Waals surface area (Å²) in [6.07, 6.45) is 2.49. The molecule has 0 N–H and O–H groups in total. The molecule has 1 aromatic carbocycles. The fourth-order valence-electron chi connectivity index (χ4n) is 4.25. The van der Waals surface area contributed by atoms with Gasteiger partial charge in [0, 0.05) is 0 Å². The molecule has 6 heteroatoms. The SMILES string of the molecule is CC1=CC[C@H](C(=O)O[C@H]2[C@@H](OCc3ccc(C)cc3)OC[C@@H]3OC(C)(C)O[C@H]23)CC1. The fourth-order valence-corrected chi connectivity index (χ4v) is 4.25. The summed E-state index contributed by atoms with van der Waals surface area (Å²) in [5.74, 6) is -1.10. The van der Waals surface area contributed by atoms with Crippen LogP contribution in [0.5, 0.6) is 0 Å². The topological polar surface area (TPSA) is 63.2 Å². The molecule has 30 heavy (non-hydrogen) atoms. The zero-order valence-electron chi connectivity index (χ0n) is 18.3. The number of benzene rings is 1. The maximum Gasteiger partial charge on any atom is 0.309 e. The van der Waals surface area contributed by atoms with Crippen molar-refractivity contribution in [2.45, 2.75) is 84.0 Å². The predicted molar refractivity (Wildman–Crippen MR) is 111 cm³/mol. The van der Waals surface area contributed by atoms with E-state index >= 15 is 0 Å². The Labute approximate surface area is 178 Å². The van der Waals surface area contributed by atoms with Crippen molar-refractivity contribution >= 4 is 5.97 Å². The number of hydrogen-bond acceptors (Lipinski definition) is 6. The summed E-state index contributed by atoms with van der Waals surface area (Å²) >= 11 is 0. The van der Waals surface area contributed by atoms with Crippen LogP contribution in [0.4, 0.5) is 0 Å². The Bertz CT molecular complexity index is 783. The number of rotatable bonds is 5. The Morgan fingerprint density at radius 2 is 1.93 bits per heavy atom. The molecule has 1 aliphatic carbocycles. The van der Waals surface area contributed by atoms with E-state index in [2.05, 4.69) is 13.0 Å². The van der Waals surface area contributed by atoms with E-state index in [-0.39, 0.29) is 18.0 Å². The third-order valence-electron chi connectivity index (χ3n) is 6.00. The minimum absolute atomic E-state index is 0.137. The standard InChI is InChI=1S/C24H32O6/c1-15-5-9-17(10-6-15)13-26-23-21(20-19(14-27-23)29-24(3,4)30-20)28-22(25)18-11-7-16(2)8-12-18/h5-7,9-10,18-21,23H,8,11-14H2,1-4H3/t18-,19-,20-,21+,23-/m0/s1. The van der Waals surface area contributed by atoms with Gasteiger partial charge in [-0.15, -0.1) is 0 Å². The van der Waals surface area contributed by atoms with Crippen molar-refractivity contribution in [3.63, 3.8) is 0 Å². The van der Waals surface area contributed by atoms with Gasteiger partial charge in [-0.3, -0.25) is 4.79 Å². The average Bonchev–Trinajstić information content (AvgIpc) is 3.03. The van der Waals surface area contributed by atoms with Gasteiger partial charge < -0.3 is 23.7 Å². The minimum Gasteiger partial charge on any atom is -0.454 e. The highest BCUT2D eigenvalue weighted by molar-refractivity contribution is 5.73. The van der Waals surface area contributed by atoms with Crippen molar-refractivity contribution < 1.29 is 28.5 Å². The molecular weight excluding hydrogens is 384 g/mol. The van der Waals surface area contributed by atoms with Crippen molar-refractivity contribution in [3.05, 3.63) is 47.0 Å². The molecule has 0 unspecified atom stereocenters. The van der Waals surface area contributed by atoms with Crippen LogP contribution in [0.1, 0.15) is 51.2 Å². The quantitative estimate of drug-likeness (QED) is 0.533. The minimum atomic E-state index is -0.750. The second kappa shape index (κ2) is 8.79. The molecule has 5 atom stereocenters. The van der Waals surface area contributed by atoms with Gasteiger partial charge in [-0.05, 0) is 52.5 Å². The molecule has 2 fully saturated rings. The van der Waals surface area contributed by atoms with E-state index in [0.29, 0.717) is 19.6 Å². The Balaban J connectivity index is 1.46. The summed E-state index contributed by atoms with van der Waals surface area (Å²) in [4.78, 5) is 12.9. The fraction of sp³-hybridized carbons (Fsp3) is 0.625. The first-order valence-corrected chi connectivity index (χ1v) is 10.8. The molecule has 4 rings (SSSR count). The molecule has 0 spiro atoms. The van der Waals surface area contributed by atoms with Gasteiger partial charge in [0.15, 0.2) is 18.2 Å². The Morgan fingerprint density at radius 1 is 1.17 bits per heavy atom. The lowest BCUT2D eigenvalue weighted by atomic mass is 9.90. The average molecular weight is 417 g/mol. The first kappa shape index (κ1) is 21.5. The summed E-state index contributed by atoms with van der Waals surface area (Å²) in [5, 5.41) is 0. The molecule has 1 aromatic rings. The van der Waals surface area contributed by atoms with Gasteiger partial charge in [-0.25, -0.2) is 0 Å². The Kier molecular flexibility index (Phi) is 6.30. The monoisotopic (exact) mass is 416 g/mol. The highest BCUT2D eigenvalue weighted by Crippen LogP contribution is 2.37. The van der Waals surface area contributed by atoms with Crippen LogP contribution in [0.15, 0.2) is 35.9 Å². The summed E-state index contributed by atoms with van der Waals surface area (Å²) in [6, 6.07) is 8.14. The number of hydrogen-bond donors (Lipinski definition) is 0. The molecule has 2 aliphatic heterocycles. The third-order valence-corrected chi connectivity index (χ3v) is 6.00. The molecule has 0 aromatic heterocycles.